The lowest BCUT2D eigenvalue weighted by Crippen LogP contribution is -2.39. The number of amides is 1. The maximum absolute atomic E-state index is 11.9. The Morgan fingerprint density at radius 3 is 3.30 bits per heavy atom. The Balaban J connectivity index is 1.53. The van der Waals surface area contributed by atoms with Crippen LogP contribution in [0, 0.1) is 0 Å². The van der Waals surface area contributed by atoms with Crippen LogP contribution >= 0.6 is 11.3 Å². The van der Waals surface area contributed by atoms with Gasteiger partial charge < -0.3 is 0 Å². The van der Waals surface area contributed by atoms with Crippen LogP contribution in [0.5, 0.6) is 0 Å². The van der Waals surface area contributed by atoms with Crippen LogP contribution in [0.4, 0.5) is 5.13 Å². The number of piperidine rings is 1. The highest BCUT2D eigenvalue weighted by Crippen LogP contribution is 2.24. The molecule has 1 saturated heterocycles. The molecule has 0 saturated carbocycles. The Labute approximate surface area is 120 Å². The minimum Gasteiger partial charge on any atom is -0.299 e. The van der Waals surface area contributed by atoms with Crippen LogP contribution < -0.4 is 5.32 Å². The summed E-state index contributed by atoms with van der Waals surface area (Å²) in [5, 5.41) is 17.8. The Bertz CT molecular complexity index is 540. The SMILES string of the molecule is O=C(CN1CCC[C@H](c2ccn[nH]2)C1)Nc1nncs1. The van der Waals surface area contributed by atoms with Gasteiger partial charge in [0.15, 0.2) is 0 Å². The van der Waals surface area contributed by atoms with E-state index >= 15 is 0 Å². The second-order valence-corrected chi connectivity index (χ2v) is 5.71. The number of rotatable bonds is 4. The van der Waals surface area contributed by atoms with Gasteiger partial charge in [0, 0.05) is 24.4 Å². The second kappa shape index (κ2) is 6.10. The summed E-state index contributed by atoms with van der Waals surface area (Å²) in [7, 11) is 0. The molecule has 3 rings (SSSR count). The van der Waals surface area contributed by atoms with Gasteiger partial charge >= 0.3 is 0 Å². The maximum Gasteiger partial charge on any atom is 0.240 e. The van der Waals surface area contributed by atoms with Crippen molar-refractivity contribution in [1.29, 1.82) is 0 Å². The molecule has 2 aromatic rings. The molecule has 1 atom stereocenters. The molecule has 0 aromatic carbocycles. The molecule has 1 fully saturated rings. The molecule has 1 aliphatic rings. The van der Waals surface area contributed by atoms with Crippen LogP contribution in [0.25, 0.3) is 0 Å². The van der Waals surface area contributed by atoms with Gasteiger partial charge in [0.1, 0.15) is 5.51 Å². The molecule has 0 radical (unpaired) electrons. The minimum absolute atomic E-state index is 0.0352. The molecule has 0 bridgehead atoms. The highest BCUT2D eigenvalue weighted by Gasteiger charge is 2.23. The van der Waals surface area contributed by atoms with Crippen molar-refractivity contribution in [2.75, 3.05) is 25.0 Å². The number of H-pyrrole nitrogens is 1. The summed E-state index contributed by atoms with van der Waals surface area (Å²) in [5.74, 6) is 0.396. The fourth-order valence-corrected chi connectivity index (χ4v) is 3.00. The third kappa shape index (κ3) is 3.20. The van der Waals surface area contributed by atoms with Gasteiger partial charge in [-0.1, -0.05) is 11.3 Å². The van der Waals surface area contributed by atoms with E-state index < -0.39 is 0 Å². The molecule has 3 heterocycles. The number of likely N-dealkylation sites (tertiary alicyclic amines) is 1. The molecule has 7 nitrogen and oxygen atoms in total. The Morgan fingerprint density at radius 2 is 2.55 bits per heavy atom. The van der Waals surface area contributed by atoms with Crippen LogP contribution in [0.2, 0.25) is 0 Å². The molecule has 1 amide bonds. The van der Waals surface area contributed by atoms with Crippen molar-refractivity contribution in [3.63, 3.8) is 0 Å². The monoisotopic (exact) mass is 292 g/mol. The normalized spacial score (nSPS) is 19.9. The highest BCUT2D eigenvalue weighted by molar-refractivity contribution is 7.13. The number of aromatic amines is 1. The zero-order chi connectivity index (χ0) is 13.8. The zero-order valence-electron chi connectivity index (χ0n) is 11.0. The number of hydrogen-bond donors (Lipinski definition) is 2. The predicted molar refractivity (Wildman–Crippen MR) is 75.5 cm³/mol. The van der Waals surface area contributed by atoms with Crippen LogP contribution in [-0.2, 0) is 4.79 Å². The topological polar surface area (TPSA) is 86.8 Å². The molecule has 20 heavy (non-hydrogen) atoms. The van der Waals surface area contributed by atoms with Gasteiger partial charge in [-0.15, -0.1) is 10.2 Å². The van der Waals surface area contributed by atoms with E-state index in [1.54, 1.807) is 11.7 Å². The second-order valence-electron chi connectivity index (χ2n) is 4.88. The predicted octanol–water partition coefficient (Wildman–Crippen LogP) is 1.08. The van der Waals surface area contributed by atoms with E-state index in [0.29, 0.717) is 17.6 Å². The lowest BCUT2D eigenvalue weighted by atomic mass is 9.95. The summed E-state index contributed by atoms with van der Waals surface area (Å²) in [6.45, 7) is 2.23. The smallest absolute Gasteiger partial charge is 0.240 e. The van der Waals surface area contributed by atoms with E-state index in [4.69, 9.17) is 0 Å². The lowest BCUT2D eigenvalue weighted by molar-refractivity contribution is -0.117. The molecule has 2 aromatic heterocycles. The lowest BCUT2D eigenvalue weighted by Gasteiger charge is -2.31. The first-order valence-corrected chi connectivity index (χ1v) is 7.47. The fraction of sp³-hybridized carbons (Fsp3) is 0.500. The van der Waals surface area contributed by atoms with Gasteiger partial charge in [-0.3, -0.25) is 20.1 Å². The van der Waals surface area contributed by atoms with Crippen molar-refractivity contribution in [3.05, 3.63) is 23.5 Å². The highest BCUT2D eigenvalue weighted by atomic mass is 32.1. The number of carbonyl (C=O) groups excluding carboxylic acids is 1. The molecule has 2 N–H and O–H groups in total. The third-order valence-corrected chi connectivity index (χ3v) is 4.05. The molecular weight excluding hydrogens is 276 g/mol. The van der Waals surface area contributed by atoms with Crippen molar-refractivity contribution in [2.24, 2.45) is 0 Å². The van der Waals surface area contributed by atoms with E-state index in [2.05, 4.69) is 30.6 Å². The van der Waals surface area contributed by atoms with Crippen molar-refractivity contribution >= 4 is 22.4 Å². The molecule has 8 heteroatoms. The summed E-state index contributed by atoms with van der Waals surface area (Å²) in [4.78, 5) is 14.1. The van der Waals surface area contributed by atoms with E-state index in [9.17, 15) is 4.79 Å². The van der Waals surface area contributed by atoms with Gasteiger partial charge in [-0.05, 0) is 25.5 Å². The summed E-state index contributed by atoms with van der Waals surface area (Å²) in [5.41, 5.74) is 2.75. The number of anilines is 1. The average Bonchev–Trinajstić information content (AvgIpc) is 3.11. The van der Waals surface area contributed by atoms with Crippen LogP contribution in [0.15, 0.2) is 17.8 Å². The van der Waals surface area contributed by atoms with Gasteiger partial charge in [0.25, 0.3) is 0 Å². The minimum atomic E-state index is -0.0352. The summed E-state index contributed by atoms with van der Waals surface area (Å²) < 4.78 is 0. The molecule has 106 valence electrons. The van der Waals surface area contributed by atoms with Gasteiger partial charge in [0.2, 0.25) is 11.0 Å². The summed E-state index contributed by atoms with van der Waals surface area (Å²) in [6, 6.07) is 2.01. The number of carbonyl (C=O) groups is 1. The van der Waals surface area contributed by atoms with Gasteiger partial charge in [0.05, 0.1) is 6.54 Å². The van der Waals surface area contributed by atoms with E-state index in [0.717, 1.165) is 31.6 Å². The Hall–Kier alpha value is -1.80. The van der Waals surface area contributed by atoms with Crippen molar-refractivity contribution < 1.29 is 4.79 Å². The van der Waals surface area contributed by atoms with Crippen LogP contribution in [0.1, 0.15) is 24.5 Å². The molecule has 0 unspecified atom stereocenters. The third-order valence-electron chi connectivity index (χ3n) is 3.44. The Morgan fingerprint density at radius 1 is 1.60 bits per heavy atom. The van der Waals surface area contributed by atoms with Crippen LogP contribution in [0.3, 0.4) is 0 Å². The standard InChI is InChI=1S/C12H16N6OS/c19-11(15-12-17-14-8-20-12)7-18-5-1-2-9(6-18)10-3-4-13-16-10/h3-4,8-9H,1-2,5-7H2,(H,13,16)(H,15,17,19)/t9-/m0/s1. The first-order valence-electron chi connectivity index (χ1n) is 6.59. The largest absolute Gasteiger partial charge is 0.299 e. The molecular formula is C12H16N6OS. The number of nitrogens with zero attached hydrogens (tertiary/aromatic N) is 4. The number of aromatic nitrogens is 4. The van der Waals surface area contributed by atoms with Gasteiger partial charge in [-0.2, -0.15) is 5.10 Å². The molecule has 1 aliphatic heterocycles. The average molecular weight is 292 g/mol. The van der Waals surface area contributed by atoms with Gasteiger partial charge in [-0.25, -0.2) is 0 Å². The molecule has 0 aliphatic carbocycles. The van der Waals surface area contributed by atoms with Crippen molar-refractivity contribution in [3.8, 4) is 0 Å². The maximum atomic E-state index is 11.9. The summed E-state index contributed by atoms with van der Waals surface area (Å²) in [6.07, 6.45) is 4.00. The Kier molecular flexibility index (Phi) is 4.03. The molecule has 0 spiro atoms. The number of hydrogen-bond acceptors (Lipinski definition) is 6. The van der Waals surface area contributed by atoms with Crippen molar-refractivity contribution in [1.82, 2.24) is 25.3 Å². The van der Waals surface area contributed by atoms with E-state index in [1.165, 1.54) is 11.3 Å². The van der Waals surface area contributed by atoms with E-state index in [1.807, 2.05) is 6.07 Å². The quantitative estimate of drug-likeness (QED) is 0.880. The van der Waals surface area contributed by atoms with Crippen molar-refractivity contribution in [2.45, 2.75) is 18.8 Å². The fourth-order valence-electron chi connectivity index (χ4n) is 2.54. The van der Waals surface area contributed by atoms with E-state index in [-0.39, 0.29) is 5.91 Å². The zero-order valence-corrected chi connectivity index (χ0v) is 11.8. The first-order chi connectivity index (χ1) is 9.81. The van der Waals surface area contributed by atoms with Crippen LogP contribution in [-0.4, -0.2) is 50.8 Å². The first kappa shape index (κ1) is 13.2. The summed E-state index contributed by atoms with van der Waals surface area (Å²) >= 11 is 1.33. The number of nitrogens with one attached hydrogen (secondary N) is 2.